The molecule has 1 heterocycles. The van der Waals surface area contributed by atoms with Crippen molar-refractivity contribution in [2.75, 3.05) is 20.3 Å². The van der Waals surface area contributed by atoms with E-state index in [-0.39, 0.29) is 24.9 Å². The van der Waals surface area contributed by atoms with E-state index in [1.807, 2.05) is 0 Å². The van der Waals surface area contributed by atoms with Gasteiger partial charge in [0, 0.05) is 7.05 Å². The lowest BCUT2D eigenvalue weighted by atomic mass is 10.1. The van der Waals surface area contributed by atoms with E-state index in [1.54, 1.807) is 13.1 Å². The van der Waals surface area contributed by atoms with Crippen LogP contribution in [0.25, 0.3) is 0 Å². The van der Waals surface area contributed by atoms with Crippen molar-refractivity contribution in [3.05, 3.63) is 12.7 Å². The maximum absolute atomic E-state index is 11.9. The molecule has 1 unspecified atom stereocenters. The first-order chi connectivity index (χ1) is 8.51. The van der Waals surface area contributed by atoms with Gasteiger partial charge >= 0.3 is 0 Å². The molecule has 0 aliphatic carbocycles. The van der Waals surface area contributed by atoms with Crippen LogP contribution in [0.4, 0.5) is 0 Å². The number of nitrogens with zero attached hydrogens (tertiary/aromatic N) is 3. The molecular weight excluding hydrogens is 234 g/mol. The van der Waals surface area contributed by atoms with Crippen molar-refractivity contribution in [1.82, 2.24) is 14.9 Å². The number of hydrazine groups is 1. The van der Waals surface area contributed by atoms with E-state index >= 15 is 0 Å². The Kier molecular flexibility index (Phi) is 5.03. The number of rotatable bonds is 6. The van der Waals surface area contributed by atoms with Crippen LogP contribution in [0.5, 0.6) is 0 Å². The molecule has 0 aromatic carbocycles. The largest absolute Gasteiger partial charge is 0.312 e. The van der Waals surface area contributed by atoms with Gasteiger partial charge in [-0.2, -0.15) is 0 Å². The highest BCUT2D eigenvalue weighted by Crippen LogP contribution is 2.14. The first kappa shape index (κ1) is 14.4. The highest BCUT2D eigenvalue weighted by Gasteiger charge is 2.33. The predicted molar refractivity (Wildman–Crippen MR) is 66.1 cm³/mol. The molecule has 0 aromatic heterocycles. The quantitative estimate of drug-likeness (QED) is 0.494. The molecule has 0 saturated carbocycles. The number of likely N-dealkylation sites (N-methyl/N-ethyl adjacent to an activating group) is 1. The summed E-state index contributed by atoms with van der Waals surface area (Å²) in [5, 5.41) is 2.92. The average molecular weight is 253 g/mol. The number of hydrogen-bond acceptors (Lipinski definition) is 4. The summed E-state index contributed by atoms with van der Waals surface area (Å²) in [7, 11) is 1.66. The Hall–Kier alpha value is -1.69. The molecule has 1 aliphatic heterocycles. The SMILES string of the molecule is C=CCCC(C(C)=O)N1CN(C=O)N(C)CC1=O. The van der Waals surface area contributed by atoms with E-state index in [2.05, 4.69) is 6.58 Å². The molecule has 1 atom stereocenters. The molecule has 1 saturated heterocycles. The van der Waals surface area contributed by atoms with Crippen LogP contribution in [0, 0.1) is 0 Å². The minimum Gasteiger partial charge on any atom is -0.312 e. The summed E-state index contributed by atoms with van der Waals surface area (Å²) in [5.41, 5.74) is 0. The lowest BCUT2D eigenvalue weighted by molar-refractivity contribution is -0.167. The van der Waals surface area contributed by atoms with Gasteiger partial charge < -0.3 is 4.90 Å². The topological polar surface area (TPSA) is 60.9 Å². The van der Waals surface area contributed by atoms with Crippen LogP contribution in [-0.2, 0) is 14.4 Å². The van der Waals surface area contributed by atoms with Crippen LogP contribution in [0.15, 0.2) is 12.7 Å². The first-order valence-corrected chi connectivity index (χ1v) is 5.85. The Morgan fingerprint density at radius 3 is 2.72 bits per heavy atom. The normalized spacial score (nSPS) is 18.7. The van der Waals surface area contributed by atoms with Crippen molar-refractivity contribution in [3.63, 3.8) is 0 Å². The average Bonchev–Trinajstić information content (AvgIpc) is 2.31. The van der Waals surface area contributed by atoms with Gasteiger partial charge in [-0.05, 0) is 19.8 Å². The van der Waals surface area contributed by atoms with Gasteiger partial charge in [-0.25, -0.2) is 5.01 Å². The third kappa shape index (κ3) is 3.16. The third-order valence-electron chi connectivity index (χ3n) is 3.03. The number of ketones is 1. The molecule has 2 amide bonds. The highest BCUT2D eigenvalue weighted by molar-refractivity contribution is 5.88. The van der Waals surface area contributed by atoms with Crippen LogP contribution in [0.2, 0.25) is 0 Å². The molecule has 6 heteroatoms. The molecule has 0 spiro atoms. The number of carbonyl (C=O) groups excluding carboxylic acids is 3. The van der Waals surface area contributed by atoms with Crippen LogP contribution in [-0.4, -0.2) is 59.3 Å². The Bertz CT molecular complexity index is 356. The number of amides is 2. The molecule has 100 valence electrons. The van der Waals surface area contributed by atoms with Gasteiger partial charge in [0.15, 0.2) is 5.78 Å². The molecular formula is C12H19N3O3. The van der Waals surface area contributed by atoms with Crippen LogP contribution < -0.4 is 0 Å². The standard InChI is InChI=1S/C12H19N3O3/c1-4-5-6-11(10(2)17)15-8-14(9-16)13(3)7-12(15)18/h4,9,11H,1,5-8H2,2-3H3. The third-order valence-corrected chi connectivity index (χ3v) is 3.03. The number of allylic oxidation sites excluding steroid dienone is 1. The van der Waals surface area contributed by atoms with Crippen molar-refractivity contribution in [3.8, 4) is 0 Å². The molecule has 1 rings (SSSR count). The summed E-state index contributed by atoms with van der Waals surface area (Å²) in [5.74, 6) is -0.208. The van der Waals surface area contributed by atoms with Crippen molar-refractivity contribution in [1.29, 1.82) is 0 Å². The molecule has 1 fully saturated rings. The summed E-state index contributed by atoms with van der Waals surface area (Å²) in [6.07, 6.45) is 3.57. The van der Waals surface area contributed by atoms with E-state index in [4.69, 9.17) is 0 Å². The van der Waals surface area contributed by atoms with Gasteiger partial charge in [0.1, 0.15) is 6.67 Å². The zero-order valence-electron chi connectivity index (χ0n) is 10.8. The summed E-state index contributed by atoms with van der Waals surface area (Å²) in [6.45, 7) is 5.31. The zero-order valence-corrected chi connectivity index (χ0v) is 10.8. The Morgan fingerprint density at radius 1 is 1.56 bits per heavy atom. The monoisotopic (exact) mass is 253 g/mol. The van der Waals surface area contributed by atoms with Gasteiger partial charge in [-0.3, -0.25) is 19.4 Å². The minimum absolute atomic E-state index is 0.0689. The summed E-state index contributed by atoms with van der Waals surface area (Å²) >= 11 is 0. The molecule has 0 N–H and O–H groups in total. The Balaban J connectivity index is 2.82. The minimum atomic E-state index is -0.480. The maximum Gasteiger partial charge on any atom is 0.240 e. The lowest BCUT2D eigenvalue weighted by Gasteiger charge is -2.42. The van der Waals surface area contributed by atoms with Crippen LogP contribution >= 0.6 is 0 Å². The fraction of sp³-hybridized carbons (Fsp3) is 0.583. The highest BCUT2D eigenvalue weighted by atomic mass is 16.2. The molecule has 0 bridgehead atoms. The van der Waals surface area contributed by atoms with Gasteiger partial charge in [0.25, 0.3) is 0 Å². The Morgan fingerprint density at radius 2 is 2.22 bits per heavy atom. The van der Waals surface area contributed by atoms with Crippen LogP contribution in [0.1, 0.15) is 19.8 Å². The van der Waals surface area contributed by atoms with Crippen molar-refractivity contribution < 1.29 is 14.4 Å². The fourth-order valence-electron chi connectivity index (χ4n) is 1.96. The summed E-state index contributed by atoms with van der Waals surface area (Å²) in [6, 6.07) is -0.480. The molecule has 6 nitrogen and oxygen atoms in total. The molecule has 0 radical (unpaired) electrons. The summed E-state index contributed by atoms with van der Waals surface area (Å²) < 4.78 is 0. The fourth-order valence-corrected chi connectivity index (χ4v) is 1.96. The van der Waals surface area contributed by atoms with Gasteiger partial charge in [0.2, 0.25) is 12.3 Å². The van der Waals surface area contributed by atoms with E-state index in [9.17, 15) is 14.4 Å². The van der Waals surface area contributed by atoms with E-state index < -0.39 is 6.04 Å². The van der Waals surface area contributed by atoms with Gasteiger partial charge in [-0.1, -0.05) is 6.08 Å². The number of Topliss-reactive ketones (excluding diaryl/α,β-unsaturated/α-hetero) is 1. The van der Waals surface area contributed by atoms with Crippen molar-refractivity contribution >= 4 is 18.1 Å². The van der Waals surface area contributed by atoms with Crippen molar-refractivity contribution in [2.24, 2.45) is 0 Å². The second kappa shape index (κ2) is 6.30. The van der Waals surface area contributed by atoms with Crippen LogP contribution in [0.3, 0.4) is 0 Å². The van der Waals surface area contributed by atoms with E-state index in [1.165, 1.54) is 21.8 Å². The zero-order chi connectivity index (χ0) is 13.7. The predicted octanol–water partition coefficient (Wildman–Crippen LogP) is 0.0151. The van der Waals surface area contributed by atoms with Gasteiger partial charge in [-0.15, -0.1) is 6.58 Å². The molecule has 1 aliphatic rings. The molecule has 0 aromatic rings. The first-order valence-electron chi connectivity index (χ1n) is 5.85. The van der Waals surface area contributed by atoms with Crippen molar-refractivity contribution in [2.45, 2.75) is 25.8 Å². The second-order valence-corrected chi connectivity index (χ2v) is 4.36. The van der Waals surface area contributed by atoms with E-state index in [0.717, 1.165) is 0 Å². The lowest BCUT2D eigenvalue weighted by Crippen LogP contribution is -2.61. The molecule has 18 heavy (non-hydrogen) atoms. The summed E-state index contributed by atoms with van der Waals surface area (Å²) in [4.78, 5) is 35.9. The van der Waals surface area contributed by atoms with Gasteiger partial charge in [0.05, 0.1) is 12.6 Å². The smallest absolute Gasteiger partial charge is 0.240 e. The number of carbonyl (C=O) groups is 3. The maximum atomic E-state index is 11.9. The Labute approximate surface area is 107 Å². The van der Waals surface area contributed by atoms with E-state index in [0.29, 0.717) is 19.3 Å². The second-order valence-electron chi connectivity index (χ2n) is 4.36. The number of hydrogen-bond donors (Lipinski definition) is 0.